The van der Waals surface area contributed by atoms with Crippen molar-refractivity contribution in [1.29, 1.82) is 0 Å². The molecule has 0 saturated carbocycles. The number of nitrogens with one attached hydrogen (secondary N) is 2. The van der Waals surface area contributed by atoms with Gasteiger partial charge >= 0.3 is 0 Å². The van der Waals surface area contributed by atoms with Gasteiger partial charge in [0.15, 0.2) is 0 Å². The van der Waals surface area contributed by atoms with Gasteiger partial charge in [0.25, 0.3) is 25.7 Å². The molecule has 5 nitrogen and oxygen atoms in total. The van der Waals surface area contributed by atoms with E-state index in [1.807, 2.05) is 0 Å². The second-order valence-corrected chi connectivity index (χ2v) is 4.16. The number of hydrogen-bond donors (Lipinski definition) is 3. The van der Waals surface area contributed by atoms with Crippen LogP contribution in [0.15, 0.2) is 4.99 Å². The fourth-order valence-corrected chi connectivity index (χ4v) is 1.78. The first-order chi connectivity index (χ1) is 10.1. The molecule has 0 bridgehead atoms. The molecule has 0 aliphatic carbocycles. The van der Waals surface area contributed by atoms with Crippen LogP contribution in [0.1, 0.15) is 0 Å². The Morgan fingerprint density at radius 1 is 0.955 bits per heavy atom. The normalized spacial score (nSPS) is 22.3. The Morgan fingerprint density at radius 2 is 1.45 bits per heavy atom. The van der Waals surface area contributed by atoms with E-state index in [4.69, 9.17) is 5.11 Å². The quantitative estimate of drug-likeness (QED) is 0.366. The van der Waals surface area contributed by atoms with E-state index in [-0.39, 0.29) is 0 Å². The molecule has 130 valence electrons. The molecule has 0 unspecified atom stereocenters. The zero-order valence-electron chi connectivity index (χ0n) is 10.6. The van der Waals surface area contributed by atoms with E-state index in [1.54, 1.807) is 0 Å². The van der Waals surface area contributed by atoms with Crippen LogP contribution in [0.4, 0.5) is 35.1 Å². The lowest BCUT2D eigenvalue weighted by Gasteiger charge is -2.31. The molecule has 0 amide bonds. The number of hydrogen-bond acceptors (Lipinski definition) is 4. The van der Waals surface area contributed by atoms with Crippen molar-refractivity contribution >= 4 is 5.84 Å². The van der Waals surface area contributed by atoms with E-state index in [0.717, 1.165) is 5.32 Å². The molecule has 1 fully saturated rings. The lowest BCUT2D eigenvalue weighted by atomic mass is 10.0. The number of aliphatic hydroxyl groups is 1. The third-order valence-electron chi connectivity index (χ3n) is 2.91. The van der Waals surface area contributed by atoms with Crippen molar-refractivity contribution < 1.29 is 45.0 Å². The maximum atomic E-state index is 13.0. The Labute approximate surface area is 118 Å². The maximum Gasteiger partial charge on any atom is 0.280 e. The van der Waals surface area contributed by atoms with Gasteiger partial charge in [-0.3, -0.25) is 5.32 Å². The SMILES string of the molecule is OCOCN=C1NC(C(F)F)(C(F)F)NC1(C(F)F)C(F)F. The number of aliphatic imine (C=N–C) groups is 1. The number of alkyl halides is 8. The molecule has 22 heavy (non-hydrogen) atoms. The molecule has 1 aliphatic heterocycles. The second-order valence-electron chi connectivity index (χ2n) is 4.16. The third kappa shape index (κ3) is 2.96. The van der Waals surface area contributed by atoms with Gasteiger partial charge in [0.05, 0.1) is 0 Å². The van der Waals surface area contributed by atoms with Crippen molar-refractivity contribution in [2.75, 3.05) is 13.5 Å². The molecule has 0 atom stereocenters. The highest BCUT2D eigenvalue weighted by molar-refractivity contribution is 5.95. The number of nitrogens with zero attached hydrogens (tertiary/aromatic N) is 1. The Bertz CT molecular complexity index is 390. The molecule has 1 rings (SSSR count). The van der Waals surface area contributed by atoms with E-state index >= 15 is 0 Å². The van der Waals surface area contributed by atoms with Crippen LogP contribution in [0.5, 0.6) is 0 Å². The molecule has 1 saturated heterocycles. The highest BCUT2D eigenvalue weighted by Gasteiger charge is 2.68. The molecule has 0 radical (unpaired) electrons. The van der Waals surface area contributed by atoms with Crippen LogP contribution < -0.4 is 10.6 Å². The first kappa shape index (κ1) is 18.8. The van der Waals surface area contributed by atoms with Crippen LogP contribution in [0.2, 0.25) is 0 Å². The minimum absolute atomic E-state index is 0.933. The van der Waals surface area contributed by atoms with Crippen LogP contribution in [0.3, 0.4) is 0 Å². The monoisotopic (exact) mass is 345 g/mol. The van der Waals surface area contributed by atoms with Crippen molar-refractivity contribution in [3.63, 3.8) is 0 Å². The first-order valence-electron chi connectivity index (χ1n) is 5.58. The van der Waals surface area contributed by atoms with Gasteiger partial charge in [-0.1, -0.05) is 0 Å². The summed E-state index contributed by atoms with van der Waals surface area (Å²) in [6.07, 6.45) is -16.1. The number of rotatable bonds is 7. The average Bonchev–Trinajstić information content (AvgIpc) is 2.77. The Balaban J connectivity index is 3.34. The molecular formula is C9H11F8N3O2. The fourth-order valence-electron chi connectivity index (χ4n) is 1.78. The number of halogens is 8. The predicted molar refractivity (Wildman–Crippen MR) is 56.2 cm³/mol. The molecule has 3 N–H and O–H groups in total. The molecular weight excluding hydrogens is 334 g/mol. The van der Waals surface area contributed by atoms with Crippen LogP contribution >= 0.6 is 0 Å². The molecule has 0 aromatic heterocycles. The zero-order chi connectivity index (χ0) is 17.1. The van der Waals surface area contributed by atoms with E-state index in [2.05, 4.69) is 9.73 Å². The Hall–Kier alpha value is -1.21. The minimum Gasteiger partial charge on any atom is -0.371 e. The molecule has 0 aromatic carbocycles. The Kier molecular flexibility index (Phi) is 5.92. The summed E-state index contributed by atoms with van der Waals surface area (Å²) in [7, 11) is 0. The lowest BCUT2D eigenvalue weighted by molar-refractivity contribution is -0.104. The summed E-state index contributed by atoms with van der Waals surface area (Å²) in [5.41, 5.74) is -7.66. The van der Waals surface area contributed by atoms with Crippen LogP contribution in [-0.2, 0) is 4.74 Å². The van der Waals surface area contributed by atoms with Crippen molar-refractivity contribution in [1.82, 2.24) is 10.6 Å². The largest absolute Gasteiger partial charge is 0.371 e. The topological polar surface area (TPSA) is 65.9 Å². The average molecular weight is 345 g/mol. The molecule has 0 spiro atoms. The molecule has 0 aromatic rings. The summed E-state index contributed by atoms with van der Waals surface area (Å²) in [6.45, 7) is -1.96. The van der Waals surface area contributed by atoms with Gasteiger partial charge in [-0.25, -0.2) is 40.1 Å². The highest BCUT2D eigenvalue weighted by atomic mass is 19.3. The summed E-state index contributed by atoms with van der Waals surface area (Å²) in [5, 5.41) is 10.5. The summed E-state index contributed by atoms with van der Waals surface area (Å²) in [6, 6.07) is 0. The molecule has 1 aliphatic rings. The van der Waals surface area contributed by atoms with Gasteiger partial charge in [0, 0.05) is 0 Å². The van der Waals surface area contributed by atoms with Crippen molar-refractivity contribution in [2.45, 2.75) is 36.9 Å². The van der Waals surface area contributed by atoms with E-state index in [1.165, 1.54) is 5.32 Å². The van der Waals surface area contributed by atoms with Gasteiger partial charge in [0.2, 0.25) is 11.2 Å². The lowest BCUT2D eigenvalue weighted by Crippen LogP contribution is -2.66. The summed E-state index contributed by atoms with van der Waals surface area (Å²) < 4.78 is 108. The van der Waals surface area contributed by atoms with E-state index < -0.39 is 56.3 Å². The molecule has 13 heteroatoms. The molecule has 1 heterocycles. The van der Waals surface area contributed by atoms with Gasteiger partial charge in [-0.2, -0.15) is 0 Å². The van der Waals surface area contributed by atoms with Crippen molar-refractivity contribution in [3.8, 4) is 0 Å². The maximum absolute atomic E-state index is 13.0. The van der Waals surface area contributed by atoms with Crippen LogP contribution in [0, 0.1) is 0 Å². The minimum atomic E-state index is -4.03. The highest BCUT2D eigenvalue weighted by Crippen LogP contribution is 2.37. The standard InChI is InChI=1S/C9H11F8N3O2/c10-3(11)8(4(12)13)7(18-1-22-2-21)19-9(20-8,5(14)15)6(16)17/h3-6,20-21H,1-2H2,(H,18,19). The predicted octanol–water partition coefficient (Wildman–Crippen LogP) is 0.997. The van der Waals surface area contributed by atoms with Gasteiger partial charge < -0.3 is 15.2 Å². The van der Waals surface area contributed by atoms with E-state index in [0.29, 0.717) is 0 Å². The van der Waals surface area contributed by atoms with Crippen molar-refractivity contribution in [3.05, 3.63) is 0 Å². The van der Waals surface area contributed by atoms with Gasteiger partial charge in [0.1, 0.15) is 19.4 Å². The van der Waals surface area contributed by atoms with Crippen LogP contribution in [0.25, 0.3) is 0 Å². The third-order valence-corrected chi connectivity index (χ3v) is 2.91. The smallest absolute Gasteiger partial charge is 0.280 e. The Morgan fingerprint density at radius 3 is 1.82 bits per heavy atom. The van der Waals surface area contributed by atoms with Crippen molar-refractivity contribution in [2.24, 2.45) is 4.99 Å². The summed E-state index contributed by atoms with van der Waals surface area (Å²) in [4.78, 5) is 3.00. The summed E-state index contributed by atoms with van der Waals surface area (Å²) in [5.74, 6) is -1.51. The van der Waals surface area contributed by atoms with Gasteiger partial charge in [-0.05, 0) is 0 Å². The zero-order valence-corrected chi connectivity index (χ0v) is 10.6. The van der Waals surface area contributed by atoms with Gasteiger partial charge in [-0.15, -0.1) is 0 Å². The number of amidine groups is 1. The van der Waals surface area contributed by atoms with E-state index in [9.17, 15) is 35.1 Å². The first-order valence-corrected chi connectivity index (χ1v) is 5.58. The van der Waals surface area contributed by atoms with Crippen LogP contribution in [-0.4, -0.2) is 61.4 Å². The summed E-state index contributed by atoms with van der Waals surface area (Å²) >= 11 is 0. The number of aliphatic hydroxyl groups excluding tert-OH is 1. The second kappa shape index (κ2) is 6.91. The number of ether oxygens (including phenoxy) is 1. The fraction of sp³-hybridized carbons (Fsp3) is 0.889.